The number of halogens is 2. The Labute approximate surface area is 120 Å². The third-order valence-corrected chi connectivity index (χ3v) is 3.24. The fourth-order valence-electron chi connectivity index (χ4n) is 1.46. The molecular formula is C14H16BrFO3. The number of Topliss-reactive ketones (excluding diaryl/α,β-unsaturated/α-hetero) is 1. The zero-order valence-corrected chi connectivity index (χ0v) is 12.3. The second-order valence-electron chi connectivity index (χ2n) is 4.12. The van der Waals surface area contributed by atoms with Gasteiger partial charge in [0.25, 0.3) is 0 Å². The molecule has 0 atom stereocenters. The molecule has 0 saturated carbocycles. The number of hydrogen-bond donors (Lipinski definition) is 0. The first kappa shape index (κ1) is 15.8. The maximum absolute atomic E-state index is 13.0. The molecule has 0 spiro atoms. The van der Waals surface area contributed by atoms with Crippen molar-refractivity contribution in [2.75, 3.05) is 6.61 Å². The van der Waals surface area contributed by atoms with E-state index in [0.29, 0.717) is 11.1 Å². The number of unbranched alkanes of at least 4 members (excludes halogenated alkanes) is 1. The highest BCUT2D eigenvalue weighted by Gasteiger charge is 2.13. The molecule has 19 heavy (non-hydrogen) atoms. The van der Waals surface area contributed by atoms with Crippen molar-refractivity contribution in [1.82, 2.24) is 0 Å². The highest BCUT2D eigenvalue weighted by atomic mass is 79.9. The molecule has 0 aliphatic rings. The van der Waals surface area contributed by atoms with Crippen molar-refractivity contribution >= 4 is 27.7 Å². The monoisotopic (exact) mass is 330 g/mol. The van der Waals surface area contributed by atoms with Crippen molar-refractivity contribution in [2.45, 2.75) is 32.6 Å². The predicted octanol–water partition coefficient (Wildman–Crippen LogP) is 3.89. The summed E-state index contributed by atoms with van der Waals surface area (Å²) in [6.07, 6.45) is 1.80. The summed E-state index contributed by atoms with van der Waals surface area (Å²) >= 11 is 3.19. The Morgan fingerprint density at radius 2 is 2.05 bits per heavy atom. The summed E-state index contributed by atoms with van der Waals surface area (Å²) in [5, 5.41) is 0. The van der Waals surface area contributed by atoms with Gasteiger partial charge in [0.1, 0.15) is 5.82 Å². The van der Waals surface area contributed by atoms with Crippen LogP contribution in [-0.4, -0.2) is 18.4 Å². The van der Waals surface area contributed by atoms with Crippen LogP contribution in [0, 0.1) is 5.82 Å². The quantitative estimate of drug-likeness (QED) is 0.432. The molecule has 104 valence electrons. The van der Waals surface area contributed by atoms with Gasteiger partial charge in [-0.15, -0.1) is 0 Å². The van der Waals surface area contributed by atoms with Gasteiger partial charge in [-0.3, -0.25) is 9.59 Å². The lowest BCUT2D eigenvalue weighted by molar-refractivity contribution is -0.143. The van der Waals surface area contributed by atoms with Crippen LogP contribution in [0.4, 0.5) is 4.39 Å². The van der Waals surface area contributed by atoms with Crippen LogP contribution in [-0.2, 0) is 9.53 Å². The molecule has 1 aromatic carbocycles. The Morgan fingerprint density at radius 1 is 1.32 bits per heavy atom. The molecule has 0 aliphatic carbocycles. The van der Waals surface area contributed by atoms with Crippen LogP contribution in [0.25, 0.3) is 0 Å². The van der Waals surface area contributed by atoms with Crippen LogP contribution >= 0.6 is 15.9 Å². The Kier molecular flexibility index (Phi) is 6.70. The maximum Gasteiger partial charge on any atom is 0.306 e. The van der Waals surface area contributed by atoms with Gasteiger partial charge in [-0.1, -0.05) is 29.3 Å². The lowest BCUT2D eigenvalue weighted by atomic mass is 10.1. The Bertz CT molecular complexity index is 460. The van der Waals surface area contributed by atoms with Gasteiger partial charge in [-0.2, -0.15) is 0 Å². The van der Waals surface area contributed by atoms with E-state index in [1.165, 1.54) is 12.1 Å². The lowest BCUT2D eigenvalue weighted by Crippen LogP contribution is -2.09. The Morgan fingerprint density at radius 3 is 2.74 bits per heavy atom. The van der Waals surface area contributed by atoms with Crippen molar-refractivity contribution in [2.24, 2.45) is 0 Å². The molecule has 0 bridgehead atoms. The number of ether oxygens (including phenoxy) is 1. The van der Waals surface area contributed by atoms with Crippen LogP contribution in [0.15, 0.2) is 22.7 Å². The van der Waals surface area contributed by atoms with Gasteiger partial charge in [-0.05, 0) is 24.6 Å². The van der Waals surface area contributed by atoms with Crippen molar-refractivity contribution in [3.05, 3.63) is 34.1 Å². The number of ketones is 1. The molecule has 0 heterocycles. The minimum atomic E-state index is -0.475. The minimum Gasteiger partial charge on any atom is -0.466 e. The molecule has 0 unspecified atom stereocenters. The van der Waals surface area contributed by atoms with Crippen molar-refractivity contribution in [1.29, 1.82) is 0 Å². The zero-order valence-electron chi connectivity index (χ0n) is 10.7. The first-order valence-electron chi connectivity index (χ1n) is 6.18. The van der Waals surface area contributed by atoms with E-state index in [0.717, 1.165) is 18.9 Å². The summed E-state index contributed by atoms with van der Waals surface area (Å²) in [4.78, 5) is 23.2. The molecule has 3 nitrogen and oxygen atoms in total. The number of carbonyl (C=O) groups excluding carboxylic acids is 2. The molecule has 1 rings (SSSR count). The molecule has 0 fully saturated rings. The van der Waals surface area contributed by atoms with Crippen LogP contribution in [0.5, 0.6) is 0 Å². The van der Waals surface area contributed by atoms with Gasteiger partial charge in [0.15, 0.2) is 5.78 Å². The summed E-state index contributed by atoms with van der Waals surface area (Å²) in [5.41, 5.74) is 0.251. The summed E-state index contributed by atoms with van der Waals surface area (Å²) in [7, 11) is 0. The van der Waals surface area contributed by atoms with E-state index >= 15 is 0 Å². The fourth-order valence-corrected chi connectivity index (χ4v) is 1.93. The minimum absolute atomic E-state index is 0.0193. The van der Waals surface area contributed by atoms with Gasteiger partial charge < -0.3 is 4.74 Å². The van der Waals surface area contributed by atoms with Crippen LogP contribution in [0.2, 0.25) is 0 Å². The van der Waals surface area contributed by atoms with E-state index in [1.807, 2.05) is 6.92 Å². The van der Waals surface area contributed by atoms with Gasteiger partial charge >= 0.3 is 5.97 Å². The molecule has 0 radical (unpaired) electrons. The first-order chi connectivity index (χ1) is 9.04. The predicted molar refractivity (Wildman–Crippen MR) is 73.5 cm³/mol. The summed E-state index contributed by atoms with van der Waals surface area (Å²) < 4.78 is 18.5. The Hall–Kier alpha value is -1.23. The molecule has 0 aromatic heterocycles. The highest BCUT2D eigenvalue weighted by Crippen LogP contribution is 2.20. The molecule has 5 heteroatoms. The fraction of sp³-hybridized carbons (Fsp3) is 0.429. The molecule has 1 aromatic rings. The standard InChI is InChI=1S/C14H16BrFO3/c1-2-3-8-19-14(18)7-6-13(17)11-9-10(16)4-5-12(11)15/h4-5,9H,2-3,6-8H2,1H3. The van der Waals surface area contributed by atoms with Crippen LogP contribution in [0.1, 0.15) is 43.0 Å². The smallest absolute Gasteiger partial charge is 0.306 e. The summed E-state index contributed by atoms with van der Waals surface area (Å²) in [6.45, 7) is 2.38. The zero-order chi connectivity index (χ0) is 14.3. The van der Waals surface area contributed by atoms with E-state index < -0.39 is 11.8 Å². The highest BCUT2D eigenvalue weighted by molar-refractivity contribution is 9.10. The third-order valence-electron chi connectivity index (χ3n) is 2.55. The van der Waals surface area contributed by atoms with E-state index in [-0.39, 0.29) is 24.2 Å². The second-order valence-corrected chi connectivity index (χ2v) is 4.98. The largest absolute Gasteiger partial charge is 0.466 e. The van der Waals surface area contributed by atoms with E-state index in [4.69, 9.17) is 4.74 Å². The summed E-state index contributed by atoms with van der Waals surface area (Å²) in [5.74, 6) is -1.15. The van der Waals surface area contributed by atoms with Crippen molar-refractivity contribution in [3.8, 4) is 0 Å². The number of hydrogen-bond acceptors (Lipinski definition) is 3. The molecular weight excluding hydrogens is 315 g/mol. The average molecular weight is 331 g/mol. The molecule has 0 N–H and O–H groups in total. The van der Waals surface area contributed by atoms with Gasteiger partial charge in [-0.25, -0.2) is 4.39 Å². The molecule has 0 aliphatic heterocycles. The number of benzene rings is 1. The van der Waals surface area contributed by atoms with Gasteiger partial charge in [0, 0.05) is 16.5 Å². The topological polar surface area (TPSA) is 43.4 Å². The lowest BCUT2D eigenvalue weighted by Gasteiger charge is -2.05. The van der Waals surface area contributed by atoms with E-state index in [1.54, 1.807) is 0 Å². The van der Waals surface area contributed by atoms with Crippen LogP contribution in [0.3, 0.4) is 0 Å². The normalized spacial score (nSPS) is 10.3. The molecule has 0 saturated heterocycles. The van der Waals surface area contributed by atoms with Crippen molar-refractivity contribution < 1.29 is 18.7 Å². The molecule has 0 amide bonds. The summed E-state index contributed by atoms with van der Waals surface area (Å²) in [6, 6.07) is 3.90. The number of rotatable bonds is 7. The second kappa shape index (κ2) is 8.04. The Balaban J connectivity index is 2.47. The van der Waals surface area contributed by atoms with Crippen LogP contribution < -0.4 is 0 Å². The van der Waals surface area contributed by atoms with Gasteiger partial charge in [0.2, 0.25) is 0 Å². The maximum atomic E-state index is 13.0. The third kappa shape index (κ3) is 5.51. The number of esters is 1. The van der Waals surface area contributed by atoms with E-state index in [2.05, 4.69) is 15.9 Å². The van der Waals surface area contributed by atoms with Gasteiger partial charge in [0.05, 0.1) is 13.0 Å². The number of carbonyl (C=O) groups is 2. The van der Waals surface area contributed by atoms with Crippen molar-refractivity contribution in [3.63, 3.8) is 0 Å². The average Bonchev–Trinajstić information content (AvgIpc) is 2.39. The SMILES string of the molecule is CCCCOC(=O)CCC(=O)c1cc(F)ccc1Br. The van der Waals surface area contributed by atoms with E-state index in [9.17, 15) is 14.0 Å². The first-order valence-corrected chi connectivity index (χ1v) is 6.97.